The Bertz CT molecular complexity index is 356. The first kappa shape index (κ1) is 13.8. The molecule has 1 atom stereocenters. The van der Waals surface area contributed by atoms with Crippen LogP contribution in [0.1, 0.15) is 39.0 Å². The molecule has 0 aliphatic heterocycles. The summed E-state index contributed by atoms with van der Waals surface area (Å²) in [5.41, 5.74) is 0.768. The largest absolute Gasteiger partial charge is 0.387 e. The fraction of sp³-hybridized carbons (Fsp3) is 0.615. The first-order valence-corrected chi connectivity index (χ1v) is 6.10. The molecule has 2 N–H and O–H groups in total. The van der Waals surface area contributed by atoms with Crippen LogP contribution in [0, 0.1) is 5.92 Å². The summed E-state index contributed by atoms with van der Waals surface area (Å²) in [4.78, 5) is 11.7. The third-order valence-electron chi connectivity index (χ3n) is 2.65. The lowest BCUT2D eigenvalue weighted by atomic mass is 10.1. The number of hydrogen-bond acceptors (Lipinski definition) is 2. The Labute approximate surface area is 103 Å². The molecule has 1 unspecified atom stereocenters. The molecule has 1 rings (SSSR count). The zero-order valence-electron chi connectivity index (χ0n) is 10.8. The van der Waals surface area contributed by atoms with Gasteiger partial charge in [0.1, 0.15) is 6.54 Å². The van der Waals surface area contributed by atoms with Gasteiger partial charge in [0.05, 0.1) is 6.10 Å². The monoisotopic (exact) mass is 238 g/mol. The van der Waals surface area contributed by atoms with Crippen LogP contribution in [-0.4, -0.2) is 22.1 Å². The van der Waals surface area contributed by atoms with E-state index in [1.54, 1.807) is 11.5 Å². The zero-order chi connectivity index (χ0) is 12.8. The van der Waals surface area contributed by atoms with Gasteiger partial charge >= 0.3 is 0 Å². The molecule has 1 amide bonds. The Morgan fingerprint density at radius 2 is 2.18 bits per heavy atom. The molecule has 1 aromatic heterocycles. The van der Waals surface area contributed by atoms with Gasteiger partial charge < -0.3 is 15.0 Å². The third-order valence-corrected chi connectivity index (χ3v) is 2.65. The van der Waals surface area contributed by atoms with Gasteiger partial charge in [0.2, 0.25) is 5.91 Å². The molecule has 0 aliphatic carbocycles. The molecule has 1 heterocycles. The van der Waals surface area contributed by atoms with E-state index in [2.05, 4.69) is 19.2 Å². The summed E-state index contributed by atoms with van der Waals surface area (Å²) in [5, 5.41) is 12.4. The number of hydrogen-bond donors (Lipinski definition) is 2. The summed E-state index contributed by atoms with van der Waals surface area (Å²) in [6.07, 6.45) is 2.25. The van der Waals surface area contributed by atoms with Crippen molar-refractivity contribution in [2.75, 3.05) is 6.54 Å². The number of rotatable bonds is 6. The Morgan fingerprint density at radius 3 is 2.76 bits per heavy atom. The number of nitrogens with one attached hydrogen (secondary N) is 1. The van der Waals surface area contributed by atoms with Gasteiger partial charge in [-0.05, 0) is 31.4 Å². The minimum absolute atomic E-state index is 0.0104. The maximum absolute atomic E-state index is 11.7. The highest BCUT2D eigenvalue weighted by Gasteiger charge is 2.09. The third kappa shape index (κ3) is 4.61. The van der Waals surface area contributed by atoms with Crippen molar-refractivity contribution in [2.24, 2.45) is 5.92 Å². The van der Waals surface area contributed by atoms with E-state index in [0.717, 1.165) is 12.1 Å². The molecule has 1 aromatic rings. The molecule has 4 heteroatoms. The summed E-state index contributed by atoms with van der Waals surface area (Å²) >= 11 is 0. The van der Waals surface area contributed by atoms with Crippen molar-refractivity contribution in [1.82, 2.24) is 9.88 Å². The Kier molecular flexibility index (Phi) is 5.22. The number of aliphatic hydroxyl groups excluding tert-OH is 1. The molecular formula is C13H22N2O2. The normalized spacial score (nSPS) is 12.8. The van der Waals surface area contributed by atoms with Crippen LogP contribution in [0.2, 0.25) is 0 Å². The molecule has 0 aromatic carbocycles. The highest BCUT2D eigenvalue weighted by molar-refractivity contribution is 5.75. The molecule has 4 nitrogen and oxygen atoms in total. The van der Waals surface area contributed by atoms with E-state index in [9.17, 15) is 9.90 Å². The van der Waals surface area contributed by atoms with E-state index in [1.165, 1.54) is 0 Å². The Morgan fingerprint density at radius 1 is 1.47 bits per heavy atom. The Balaban J connectivity index is 2.42. The van der Waals surface area contributed by atoms with E-state index < -0.39 is 6.10 Å². The van der Waals surface area contributed by atoms with E-state index >= 15 is 0 Å². The molecule has 0 aliphatic rings. The van der Waals surface area contributed by atoms with Gasteiger partial charge in [0, 0.05) is 18.4 Å². The van der Waals surface area contributed by atoms with Crippen molar-refractivity contribution in [3.05, 3.63) is 24.0 Å². The standard InChI is InChI=1S/C13H22N2O2/c1-10(2)6-7-14-13(17)9-15-8-4-5-12(15)11(3)16/h4-5,8,10-11,16H,6-7,9H2,1-3H3,(H,14,17). The molecular weight excluding hydrogens is 216 g/mol. The minimum Gasteiger partial charge on any atom is -0.387 e. The number of aromatic nitrogens is 1. The predicted octanol–water partition coefficient (Wildman–Crippen LogP) is 1.70. The van der Waals surface area contributed by atoms with Crippen molar-refractivity contribution in [3.63, 3.8) is 0 Å². The zero-order valence-corrected chi connectivity index (χ0v) is 10.8. The van der Waals surface area contributed by atoms with Gasteiger partial charge in [0.15, 0.2) is 0 Å². The highest BCUT2D eigenvalue weighted by Crippen LogP contribution is 2.12. The fourth-order valence-electron chi connectivity index (χ4n) is 1.66. The maximum Gasteiger partial charge on any atom is 0.239 e. The topological polar surface area (TPSA) is 54.3 Å². The van der Waals surface area contributed by atoms with Gasteiger partial charge in [-0.1, -0.05) is 13.8 Å². The van der Waals surface area contributed by atoms with Gasteiger partial charge in [-0.25, -0.2) is 0 Å². The number of nitrogens with zero attached hydrogens (tertiary/aromatic N) is 1. The second kappa shape index (κ2) is 6.45. The van der Waals surface area contributed by atoms with E-state index in [1.807, 2.05) is 18.3 Å². The highest BCUT2D eigenvalue weighted by atomic mass is 16.3. The lowest BCUT2D eigenvalue weighted by Gasteiger charge is -2.12. The Hall–Kier alpha value is -1.29. The van der Waals surface area contributed by atoms with Crippen molar-refractivity contribution in [3.8, 4) is 0 Å². The number of aliphatic hydroxyl groups is 1. The molecule has 0 fully saturated rings. The van der Waals surface area contributed by atoms with Gasteiger partial charge in [-0.3, -0.25) is 4.79 Å². The van der Waals surface area contributed by atoms with Crippen molar-refractivity contribution in [1.29, 1.82) is 0 Å². The SMILES string of the molecule is CC(C)CCNC(=O)Cn1cccc1C(C)O. The second-order valence-corrected chi connectivity index (χ2v) is 4.77. The minimum atomic E-state index is -0.548. The summed E-state index contributed by atoms with van der Waals surface area (Å²) < 4.78 is 1.77. The first-order chi connectivity index (χ1) is 8.00. The molecule has 0 radical (unpaired) electrons. The van der Waals surface area contributed by atoms with Crippen molar-refractivity contribution < 1.29 is 9.90 Å². The molecule has 0 spiro atoms. The van der Waals surface area contributed by atoms with Crippen molar-refractivity contribution >= 4 is 5.91 Å². The lowest BCUT2D eigenvalue weighted by Crippen LogP contribution is -2.29. The van der Waals surface area contributed by atoms with Crippen LogP contribution in [0.5, 0.6) is 0 Å². The van der Waals surface area contributed by atoms with E-state index in [0.29, 0.717) is 12.5 Å². The van der Waals surface area contributed by atoms with Crippen LogP contribution in [0.4, 0.5) is 0 Å². The van der Waals surface area contributed by atoms with E-state index in [-0.39, 0.29) is 12.5 Å². The van der Waals surface area contributed by atoms with Gasteiger partial charge in [-0.15, -0.1) is 0 Å². The maximum atomic E-state index is 11.7. The molecule has 0 saturated carbocycles. The first-order valence-electron chi connectivity index (χ1n) is 6.10. The quantitative estimate of drug-likeness (QED) is 0.792. The molecule has 17 heavy (non-hydrogen) atoms. The summed E-state index contributed by atoms with van der Waals surface area (Å²) in [5.74, 6) is 0.582. The molecule has 0 bridgehead atoms. The van der Waals surface area contributed by atoms with Crippen LogP contribution >= 0.6 is 0 Å². The average molecular weight is 238 g/mol. The van der Waals surface area contributed by atoms with Crippen LogP contribution in [-0.2, 0) is 11.3 Å². The van der Waals surface area contributed by atoms with Crippen LogP contribution in [0.25, 0.3) is 0 Å². The average Bonchev–Trinajstić information content (AvgIpc) is 2.65. The number of amides is 1. The summed E-state index contributed by atoms with van der Waals surface area (Å²) in [7, 11) is 0. The second-order valence-electron chi connectivity index (χ2n) is 4.77. The van der Waals surface area contributed by atoms with E-state index in [4.69, 9.17) is 0 Å². The lowest BCUT2D eigenvalue weighted by molar-refractivity contribution is -0.121. The molecule has 96 valence electrons. The van der Waals surface area contributed by atoms with Gasteiger partial charge in [-0.2, -0.15) is 0 Å². The smallest absolute Gasteiger partial charge is 0.239 e. The number of carbonyl (C=O) groups is 1. The van der Waals surface area contributed by atoms with Crippen molar-refractivity contribution in [2.45, 2.75) is 39.8 Å². The predicted molar refractivity (Wildman–Crippen MR) is 67.5 cm³/mol. The van der Waals surface area contributed by atoms with Crippen LogP contribution < -0.4 is 5.32 Å². The number of carbonyl (C=O) groups excluding carboxylic acids is 1. The molecule has 0 saturated heterocycles. The van der Waals surface area contributed by atoms with Gasteiger partial charge in [0.25, 0.3) is 0 Å². The van der Waals surface area contributed by atoms with Crippen LogP contribution in [0.15, 0.2) is 18.3 Å². The van der Waals surface area contributed by atoms with Crippen LogP contribution in [0.3, 0.4) is 0 Å². The summed E-state index contributed by atoms with van der Waals surface area (Å²) in [6.45, 7) is 6.93. The fourth-order valence-corrected chi connectivity index (χ4v) is 1.66. The summed E-state index contributed by atoms with van der Waals surface area (Å²) in [6, 6.07) is 3.66.